The van der Waals surface area contributed by atoms with Crippen LogP contribution in [0.25, 0.3) is 27.9 Å². The van der Waals surface area contributed by atoms with Crippen LogP contribution in [0.2, 0.25) is 0 Å². The van der Waals surface area contributed by atoms with E-state index in [2.05, 4.69) is 16.1 Å². The first kappa shape index (κ1) is 16.9. The minimum atomic E-state index is 0.332. The van der Waals surface area contributed by atoms with Crippen LogP contribution in [-0.2, 0) is 4.74 Å². The fraction of sp³-hybridized carbons (Fsp3) is 0.286. The van der Waals surface area contributed by atoms with Crippen molar-refractivity contribution in [3.05, 3.63) is 48.0 Å². The third-order valence-electron chi connectivity index (χ3n) is 5.37. The van der Waals surface area contributed by atoms with Gasteiger partial charge in [0.15, 0.2) is 11.5 Å². The van der Waals surface area contributed by atoms with Crippen LogP contribution in [0.1, 0.15) is 24.3 Å². The van der Waals surface area contributed by atoms with E-state index in [1.54, 1.807) is 11.6 Å². The van der Waals surface area contributed by atoms with Crippen molar-refractivity contribution in [2.24, 2.45) is 0 Å². The highest BCUT2D eigenvalue weighted by atomic mass is 16.5. The van der Waals surface area contributed by atoms with Gasteiger partial charge in [0.05, 0.1) is 12.6 Å². The maximum atomic E-state index is 6.20. The summed E-state index contributed by atoms with van der Waals surface area (Å²) in [5.74, 6) is 2.16. The summed E-state index contributed by atoms with van der Waals surface area (Å²) < 4.78 is 12.4. The number of hydrogen-bond donors (Lipinski definition) is 1. The molecular weight excluding hydrogens is 354 g/mol. The van der Waals surface area contributed by atoms with Gasteiger partial charge in [0.2, 0.25) is 5.95 Å². The first-order valence-corrected chi connectivity index (χ1v) is 9.41. The SMILES string of the molecule is COc1ccc(-c2nc3c4c(C5CCOCC5)cccc4nc(N)n3n2)cc1. The summed E-state index contributed by atoms with van der Waals surface area (Å²) in [5, 5.41) is 5.65. The van der Waals surface area contributed by atoms with Crippen LogP contribution < -0.4 is 10.5 Å². The van der Waals surface area contributed by atoms with Crippen LogP contribution in [0.4, 0.5) is 5.95 Å². The largest absolute Gasteiger partial charge is 0.497 e. The molecule has 4 aromatic rings. The number of aromatic nitrogens is 4. The molecule has 3 heterocycles. The summed E-state index contributed by atoms with van der Waals surface area (Å²) in [6, 6.07) is 13.9. The van der Waals surface area contributed by atoms with Gasteiger partial charge < -0.3 is 15.2 Å². The molecule has 5 rings (SSSR count). The second kappa shape index (κ2) is 6.76. The van der Waals surface area contributed by atoms with Crippen molar-refractivity contribution in [1.29, 1.82) is 0 Å². The monoisotopic (exact) mass is 375 g/mol. The second-order valence-corrected chi connectivity index (χ2v) is 7.00. The molecule has 142 valence electrons. The van der Waals surface area contributed by atoms with Gasteiger partial charge in [-0.1, -0.05) is 12.1 Å². The summed E-state index contributed by atoms with van der Waals surface area (Å²) in [6.45, 7) is 1.56. The lowest BCUT2D eigenvalue weighted by Crippen LogP contribution is -2.15. The molecule has 2 N–H and O–H groups in total. The average molecular weight is 375 g/mol. The van der Waals surface area contributed by atoms with Gasteiger partial charge in [-0.3, -0.25) is 0 Å². The van der Waals surface area contributed by atoms with E-state index < -0.39 is 0 Å². The molecule has 0 saturated carbocycles. The zero-order valence-corrected chi connectivity index (χ0v) is 15.6. The highest BCUT2D eigenvalue weighted by molar-refractivity contribution is 5.96. The van der Waals surface area contributed by atoms with Crippen LogP contribution in [0.5, 0.6) is 5.75 Å². The lowest BCUT2D eigenvalue weighted by molar-refractivity contribution is 0.0856. The van der Waals surface area contributed by atoms with Gasteiger partial charge in [-0.2, -0.15) is 4.52 Å². The quantitative estimate of drug-likeness (QED) is 0.590. The Bertz CT molecular complexity index is 1150. The number of nitrogen functional groups attached to an aromatic ring is 1. The Hall–Kier alpha value is -3.19. The van der Waals surface area contributed by atoms with Crippen molar-refractivity contribution >= 4 is 22.5 Å². The van der Waals surface area contributed by atoms with E-state index in [0.717, 1.165) is 53.9 Å². The average Bonchev–Trinajstić information content (AvgIpc) is 3.20. The summed E-state index contributed by atoms with van der Waals surface area (Å²) in [4.78, 5) is 9.42. The van der Waals surface area contributed by atoms with E-state index in [4.69, 9.17) is 20.2 Å². The van der Waals surface area contributed by atoms with Crippen molar-refractivity contribution in [3.8, 4) is 17.1 Å². The third-order valence-corrected chi connectivity index (χ3v) is 5.37. The van der Waals surface area contributed by atoms with Gasteiger partial charge in [0.1, 0.15) is 5.75 Å². The third kappa shape index (κ3) is 2.75. The van der Waals surface area contributed by atoms with Gasteiger partial charge in [-0.05, 0) is 54.7 Å². The standard InChI is InChI=1S/C21H21N5O2/c1-27-15-7-5-14(6-8-15)19-24-20-18-16(13-9-11-28-12-10-13)3-2-4-17(18)23-21(22)26(20)25-19/h2-8,13H,9-12H2,1H3,(H2,22,23). The maximum absolute atomic E-state index is 6.20. The molecule has 1 aliphatic heterocycles. The predicted molar refractivity (Wildman–Crippen MR) is 107 cm³/mol. The van der Waals surface area contributed by atoms with Gasteiger partial charge in [-0.25, -0.2) is 9.97 Å². The fourth-order valence-electron chi connectivity index (χ4n) is 3.91. The molecule has 2 aromatic heterocycles. The van der Waals surface area contributed by atoms with Gasteiger partial charge in [0, 0.05) is 24.2 Å². The molecule has 0 bridgehead atoms. The lowest BCUT2D eigenvalue weighted by Gasteiger charge is -2.23. The molecule has 28 heavy (non-hydrogen) atoms. The molecule has 7 heteroatoms. The number of ether oxygens (including phenoxy) is 2. The summed E-state index contributed by atoms with van der Waals surface area (Å²) in [7, 11) is 1.65. The number of nitrogens with zero attached hydrogens (tertiary/aromatic N) is 4. The second-order valence-electron chi connectivity index (χ2n) is 7.00. The minimum Gasteiger partial charge on any atom is -0.497 e. The number of rotatable bonds is 3. The van der Waals surface area contributed by atoms with Crippen molar-refractivity contribution in [2.45, 2.75) is 18.8 Å². The molecule has 1 fully saturated rings. The Kier molecular flexibility index (Phi) is 4.09. The fourth-order valence-corrected chi connectivity index (χ4v) is 3.91. The van der Waals surface area contributed by atoms with E-state index in [1.165, 1.54) is 5.56 Å². The van der Waals surface area contributed by atoms with Crippen LogP contribution in [0.3, 0.4) is 0 Å². The van der Waals surface area contributed by atoms with Crippen molar-refractivity contribution in [2.75, 3.05) is 26.1 Å². The number of hydrogen-bond acceptors (Lipinski definition) is 6. The molecule has 1 aliphatic rings. The van der Waals surface area contributed by atoms with Crippen LogP contribution >= 0.6 is 0 Å². The molecule has 0 unspecified atom stereocenters. The van der Waals surface area contributed by atoms with E-state index in [1.807, 2.05) is 36.4 Å². The number of fused-ring (bicyclic) bond motifs is 3. The summed E-state index contributed by atoms with van der Waals surface area (Å²) in [5.41, 5.74) is 9.94. The number of anilines is 1. The lowest BCUT2D eigenvalue weighted by atomic mass is 9.89. The molecule has 0 atom stereocenters. The normalized spacial score (nSPS) is 15.3. The molecule has 1 saturated heterocycles. The van der Waals surface area contributed by atoms with Crippen LogP contribution in [0.15, 0.2) is 42.5 Å². The Labute approximate surface area is 162 Å². The first-order chi connectivity index (χ1) is 13.7. The van der Waals surface area contributed by atoms with E-state index in [0.29, 0.717) is 17.7 Å². The molecular formula is C21H21N5O2. The smallest absolute Gasteiger partial charge is 0.223 e. The predicted octanol–water partition coefficient (Wildman–Crippen LogP) is 3.43. The van der Waals surface area contributed by atoms with Crippen LogP contribution in [-0.4, -0.2) is 39.9 Å². The summed E-state index contributed by atoms with van der Waals surface area (Å²) in [6.07, 6.45) is 1.99. The van der Waals surface area contributed by atoms with Gasteiger partial charge >= 0.3 is 0 Å². The molecule has 0 amide bonds. The minimum absolute atomic E-state index is 0.332. The Morgan fingerprint density at radius 3 is 2.61 bits per heavy atom. The highest BCUT2D eigenvalue weighted by Crippen LogP contribution is 2.34. The van der Waals surface area contributed by atoms with Crippen molar-refractivity contribution in [3.63, 3.8) is 0 Å². The number of nitrogens with two attached hydrogens (primary N) is 1. The molecule has 0 aliphatic carbocycles. The Balaban J connectivity index is 1.72. The number of benzene rings is 2. The Morgan fingerprint density at radius 1 is 1.07 bits per heavy atom. The first-order valence-electron chi connectivity index (χ1n) is 9.41. The van der Waals surface area contributed by atoms with E-state index in [9.17, 15) is 0 Å². The van der Waals surface area contributed by atoms with Gasteiger partial charge in [-0.15, -0.1) is 5.10 Å². The van der Waals surface area contributed by atoms with Gasteiger partial charge in [0.25, 0.3) is 0 Å². The maximum Gasteiger partial charge on any atom is 0.223 e. The van der Waals surface area contributed by atoms with E-state index in [-0.39, 0.29) is 0 Å². The molecule has 0 spiro atoms. The topological polar surface area (TPSA) is 87.6 Å². The zero-order valence-electron chi connectivity index (χ0n) is 15.6. The van der Waals surface area contributed by atoms with Crippen LogP contribution in [0, 0.1) is 0 Å². The highest BCUT2D eigenvalue weighted by Gasteiger charge is 2.22. The van der Waals surface area contributed by atoms with E-state index >= 15 is 0 Å². The molecule has 2 aromatic carbocycles. The van der Waals surface area contributed by atoms with Crippen molar-refractivity contribution < 1.29 is 9.47 Å². The molecule has 7 nitrogen and oxygen atoms in total. The zero-order chi connectivity index (χ0) is 19.1. The number of methoxy groups -OCH3 is 1. The Morgan fingerprint density at radius 2 is 1.86 bits per heavy atom. The van der Waals surface area contributed by atoms with Crippen molar-refractivity contribution in [1.82, 2.24) is 19.6 Å². The summed E-state index contributed by atoms with van der Waals surface area (Å²) >= 11 is 0. The molecule has 0 radical (unpaired) electrons.